The lowest BCUT2D eigenvalue weighted by Crippen LogP contribution is -2.13. The third-order valence-electron chi connectivity index (χ3n) is 2.69. The van der Waals surface area contributed by atoms with Gasteiger partial charge in [0.15, 0.2) is 0 Å². The van der Waals surface area contributed by atoms with Crippen molar-refractivity contribution in [2.45, 2.75) is 6.92 Å². The van der Waals surface area contributed by atoms with Crippen molar-refractivity contribution in [1.82, 2.24) is 0 Å². The Morgan fingerprint density at radius 1 is 1.00 bits per heavy atom. The minimum Gasteiger partial charge on any atom is -0.500 e. The molecular weight excluding hydrogens is 160 g/mol. The molecule has 0 aromatic carbocycles. The second-order valence-electron chi connectivity index (χ2n) is 3.46. The van der Waals surface area contributed by atoms with E-state index in [4.69, 9.17) is 4.74 Å². The van der Waals surface area contributed by atoms with Crippen LogP contribution in [0.25, 0.3) is 0 Å². The van der Waals surface area contributed by atoms with Crippen molar-refractivity contribution in [3.63, 3.8) is 0 Å². The zero-order valence-corrected chi connectivity index (χ0v) is 8.03. The molecule has 0 amide bonds. The molecule has 0 aromatic heterocycles. The molecule has 0 aromatic rings. The minimum atomic E-state index is 0.339. The molecule has 68 valence electrons. The molecule has 3 aliphatic carbocycles. The van der Waals surface area contributed by atoms with Crippen molar-refractivity contribution in [3.05, 3.63) is 47.8 Å². The van der Waals surface area contributed by atoms with E-state index in [-0.39, 0.29) is 0 Å². The Balaban J connectivity index is 2.47. The maximum atomic E-state index is 5.42. The summed E-state index contributed by atoms with van der Waals surface area (Å²) < 4.78 is 5.42. The van der Waals surface area contributed by atoms with E-state index in [0.717, 1.165) is 5.76 Å². The van der Waals surface area contributed by atoms with Crippen LogP contribution in [0.3, 0.4) is 0 Å². The van der Waals surface area contributed by atoms with Gasteiger partial charge < -0.3 is 4.74 Å². The van der Waals surface area contributed by atoms with Crippen molar-refractivity contribution in [1.29, 1.82) is 0 Å². The molecule has 0 unspecified atom stereocenters. The van der Waals surface area contributed by atoms with Crippen LogP contribution >= 0.6 is 0 Å². The second kappa shape index (κ2) is 3.25. The van der Waals surface area contributed by atoms with Crippen LogP contribution in [0, 0.1) is 11.8 Å². The fourth-order valence-corrected chi connectivity index (χ4v) is 1.92. The Bertz CT molecular complexity index is 318. The van der Waals surface area contributed by atoms with E-state index in [2.05, 4.69) is 43.4 Å². The molecule has 2 bridgehead atoms. The Labute approximate surface area is 79.1 Å². The topological polar surface area (TPSA) is 9.23 Å². The second-order valence-corrected chi connectivity index (χ2v) is 3.46. The van der Waals surface area contributed by atoms with Gasteiger partial charge in [0.1, 0.15) is 5.76 Å². The number of methoxy groups -OCH3 is 1. The van der Waals surface area contributed by atoms with Crippen LogP contribution in [-0.2, 0) is 4.74 Å². The van der Waals surface area contributed by atoms with Crippen LogP contribution in [0.4, 0.5) is 0 Å². The van der Waals surface area contributed by atoms with Crippen LogP contribution < -0.4 is 0 Å². The fourth-order valence-electron chi connectivity index (χ4n) is 1.92. The van der Waals surface area contributed by atoms with Crippen molar-refractivity contribution in [2.24, 2.45) is 11.8 Å². The molecule has 0 N–H and O–H groups in total. The number of hydrogen-bond donors (Lipinski definition) is 0. The van der Waals surface area contributed by atoms with E-state index >= 15 is 0 Å². The lowest BCUT2D eigenvalue weighted by Gasteiger charge is -2.25. The SMILES string of the molecule is COC1=C(C)[C@H]2C=C/C=C/[C@@H]1C=C2. The van der Waals surface area contributed by atoms with Crippen LogP contribution in [0.5, 0.6) is 0 Å². The first-order valence-corrected chi connectivity index (χ1v) is 4.61. The number of ether oxygens (including phenoxy) is 1. The maximum Gasteiger partial charge on any atom is 0.106 e. The highest BCUT2D eigenvalue weighted by atomic mass is 16.5. The molecule has 13 heavy (non-hydrogen) atoms. The molecule has 0 fully saturated rings. The quantitative estimate of drug-likeness (QED) is 0.555. The number of rotatable bonds is 1. The minimum absolute atomic E-state index is 0.339. The number of allylic oxidation sites excluding steroid dienone is 6. The molecule has 0 heterocycles. The van der Waals surface area contributed by atoms with Gasteiger partial charge in [-0.2, -0.15) is 0 Å². The zero-order chi connectivity index (χ0) is 9.26. The Morgan fingerprint density at radius 2 is 1.62 bits per heavy atom. The Hall–Kier alpha value is -1.24. The van der Waals surface area contributed by atoms with Crippen LogP contribution in [0.2, 0.25) is 0 Å². The molecule has 1 heteroatoms. The number of hydrogen-bond acceptors (Lipinski definition) is 1. The van der Waals surface area contributed by atoms with Crippen LogP contribution in [0.1, 0.15) is 6.92 Å². The first-order valence-electron chi connectivity index (χ1n) is 4.61. The standard InChI is InChI=1S/C12H14O/c1-9-10-5-3-4-6-11(8-7-10)12(9)13-2/h3-8,10-11H,1-2H3/b5-3?,6-4+/t10-,11+/m0/s1. The van der Waals surface area contributed by atoms with Gasteiger partial charge in [0.05, 0.1) is 13.0 Å². The average Bonchev–Trinajstić information content (AvgIpc) is 2.08. The summed E-state index contributed by atoms with van der Waals surface area (Å²) in [6.45, 7) is 2.14. The first kappa shape index (κ1) is 8.36. The summed E-state index contributed by atoms with van der Waals surface area (Å²) in [5, 5.41) is 0. The Kier molecular flexibility index (Phi) is 2.09. The predicted molar refractivity (Wildman–Crippen MR) is 54.1 cm³/mol. The third-order valence-corrected chi connectivity index (χ3v) is 2.69. The molecule has 0 aliphatic heterocycles. The van der Waals surface area contributed by atoms with Crippen molar-refractivity contribution in [2.75, 3.05) is 7.11 Å². The van der Waals surface area contributed by atoms with E-state index in [1.807, 2.05) is 0 Å². The average molecular weight is 174 g/mol. The summed E-state index contributed by atoms with van der Waals surface area (Å²) in [5.74, 6) is 1.87. The highest BCUT2D eigenvalue weighted by molar-refractivity contribution is 5.36. The highest BCUT2D eigenvalue weighted by Crippen LogP contribution is 2.32. The fraction of sp³-hybridized carbons (Fsp3) is 0.333. The summed E-state index contributed by atoms with van der Waals surface area (Å²) in [7, 11) is 1.75. The van der Waals surface area contributed by atoms with Crippen LogP contribution in [0.15, 0.2) is 47.8 Å². The van der Waals surface area contributed by atoms with Gasteiger partial charge in [-0.15, -0.1) is 0 Å². The lowest BCUT2D eigenvalue weighted by molar-refractivity contribution is 0.258. The molecular formula is C12H14O. The van der Waals surface area contributed by atoms with Gasteiger partial charge >= 0.3 is 0 Å². The molecule has 0 radical (unpaired) electrons. The largest absolute Gasteiger partial charge is 0.500 e. The summed E-state index contributed by atoms with van der Waals surface area (Å²) in [6, 6.07) is 0. The third kappa shape index (κ3) is 1.35. The zero-order valence-electron chi connectivity index (χ0n) is 8.03. The molecule has 3 aliphatic rings. The monoisotopic (exact) mass is 174 g/mol. The highest BCUT2D eigenvalue weighted by Gasteiger charge is 2.21. The molecule has 0 saturated carbocycles. The van der Waals surface area contributed by atoms with E-state index < -0.39 is 0 Å². The van der Waals surface area contributed by atoms with Gasteiger partial charge in [-0.05, 0) is 12.5 Å². The van der Waals surface area contributed by atoms with E-state index in [9.17, 15) is 0 Å². The van der Waals surface area contributed by atoms with E-state index in [1.54, 1.807) is 7.11 Å². The summed E-state index contributed by atoms with van der Waals surface area (Å²) >= 11 is 0. The van der Waals surface area contributed by atoms with Gasteiger partial charge in [-0.25, -0.2) is 0 Å². The molecule has 0 saturated heterocycles. The van der Waals surface area contributed by atoms with Crippen LogP contribution in [-0.4, -0.2) is 7.11 Å². The number of fused-ring (bicyclic) bond motifs is 1. The molecule has 0 spiro atoms. The van der Waals surface area contributed by atoms with Gasteiger partial charge in [0.2, 0.25) is 0 Å². The van der Waals surface area contributed by atoms with Crippen molar-refractivity contribution < 1.29 is 4.74 Å². The molecule has 2 atom stereocenters. The normalized spacial score (nSPS) is 33.1. The van der Waals surface area contributed by atoms with E-state index in [1.165, 1.54) is 5.57 Å². The molecule has 1 nitrogen and oxygen atoms in total. The van der Waals surface area contributed by atoms with Crippen molar-refractivity contribution >= 4 is 0 Å². The lowest BCUT2D eigenvalue weighted by atomic mass is 9.85. The van der Waals surface area contributed by atoms with Gasteiger partial charge in [0, 0.05) is 5.92 Å². The van der Waals surface area contributed by atoms with Gasteiger partial charge in [-0.1, -0.05) is 36.5 Å². The van der Waals surface area contributed by atoms with E-state index in [0.29, 0.717) is 11.8 Å². The van der Waals surface area contributed by atoms with Crippen molar-refractivity contribution in [3.8, 4) is 0 Å². The summed E-state index contributed by atoms with van der Waals surface area (Å²) in [6.07, 6.45) is 13.0. The van der Waals surface area contributed by atoms with Gasteiger partial charge in [-0.3, -0.25) is 0 Å². The maximum absolute atomic E-state index is 5.42. The summed E-state index contributed by atoms with van der Waals surface area (Å²) in [5.41, 5.74) is 1.33. The Morgan fingerprint density at radius 3 is 2.31 bits per heavy atom. The molecule has 3 rings (SSSR count). The smallest absolute Gasteiger partial charge is 0.106 e. The first-order chi connectivity index (χ1) is 6.33. The van der Waals surface area contributed by atoms with Gasteiger partial charge in [0.25, 0.3) is 0 Å². The summed E-state index contributed by atoms with van der Waals surface area (Å²) in [4.78, 5) is 0. The predicted octanol–water partition coefficient (Wildman–Crippen LogP) is 2.84.